The maximum absolute atomic E-state index is 5.72. The van der Waals surface area contributed by atoms with E-state index in [9.17, 15) is 0 Å². The lowest BCUT2D eigenvalue weighted by molar-refractivity contribution is 0.113. The summed E-state index contributed by atoms with van der Waals surface area (Å²) in [5.41, 5.74) is 0. The van der Waals surface area contributed by atoms with Gasteiger partial charge in [-0.3, -0.25) is 0 Å². The van der Waals surface area contributed by atoms with Gasteiger partial charge in [0.05, 0.1) is 0 Å². The average Bonchev–Trinajstić information content (AvgIpc) is 2.49. The third-order valence-corrected chi connectivity index (χ3v) is 3.98. The molecule has 1 rings (SSSR count). The van der Waals surface area contributed by atoms with Gasteiger partial charge >= 0.3 is 0 Å². The van der Waals surface area contributed by atoms with E-state index in [-0.39, 0.29) is 0 Å². The second-order valence-corrected chi connectivity index (χ2v) is 5.81. The molecule has 0 aromatic rings. The SMILES string of the molecule is CC#CCCCCCCCOCCCN1CCCCC1. The maximum Gasteiger partial charge on any atom is 0.0478 e. The highest BCUT2D eigenvalue weighted by molar-refractivity contribution is 4.94. The van der Waals surface area contributed by atoms with Crippen molar-refractivity contribution in [2.45, 2.75) is 71.1 Å². The lowest BCUT2D eigenvalue weighted by Crippen LogP contribution is -2.31. The molecule has 20 heavy (non-hydrogen) atoms. The topological polar surface area (TPSA) is 12.5 Å². The van der Waals surface area contributed by atoms with E-state index in [1.165, 1.54) is 77.4 Å². The number of nitrogens with zero attached hydrogens (tertiary/aromatic N) is 1. The summed E-state index contributed by atoms with van der Waals surface area (Å²) in [5.74, 6) is 6.07. The Hall–Kier alpha value is -0.520. The van der Waals surface area contributed by atoms with Crippen LogP contribution in [0.15, 0.2) is 0 Å². The van der Waals surface area contributed by atoms with Crippen molar-refractivity contribution in [3.8, 4) is 11.8 Å². The molecule has 2 heteroatoms. The minimum Gasteiger partial charge on any atom is -0.381 e. The first-order chi connectivity index (χ1) is 9.93. The van der Waals surface area contributed by atoms with E-state index < -0.39 is 0 Å². The zero-order valence-electron chi connectivity index (χ0n) is 13.5. The fourth-order valence-corrected chi connectivity index (χ4v) is 2.75. The third-order valence-electron chi connectivity index (χ3n) is 3.98. The summed E-state index contributed by atoms with van der Waals surface area (Å²) in [6, 6.07) is 0. The summed E-state index contributed by atoms with van der Waals surface area (Å²) in [7, 11) is 0. The van der Waals surface area contributed by atoms with Gasteiger partial charge in [-0.15, -0.1) is 11.8 Å². The summed E-state index contributed by atoms with van der Waals surface area (Å²) >= 11 is 0. The van der Waals surface area contributed by atoms with Crippen molar-refractivity contribution in [1.82, 2.24) is 4.90 Å². The standard InChI is InChI=1S/C18H33NO/c1-2-3-4-5-6-7-8-12-17-20-18-13-16-19-14-10-9-11-15-19/h4-18H2,1H3. The largest absolute Gasteiger partial charge is 0.381 e. The van der Waals surface area contributed by atoms with Gasteiger partial charge in [-0.2, -0.15) is 0 Å². The van der Waals surface area contributed by atoms with Crippen LogP contribution in [0, 0.1) is 11.8 Å². The zero-order chi connectivity index (χ0) is 14.3. The molecule has 0 aromatic carbocycles. The highest BCUT2D eigenvalue weighted by Gasteiger charge is 2.08. The number of hydrogen-bond acceptors (Lipinski definition) is 2. The molecule has 2 nitrogen and oxygen atoms in total. The first-order valence-electron chi connectivity index (χ1n) is 8.63. The monoisotopic (exact) mass is 279 g/mol. The number of hydrogen-bond donors (Lipinski definition) is 0. The first-order valence-corrected chi connectivity index (χ1v) is 8.63. The predicted octanol–water partition coefficient (Wildman–Crippen LogP) is 4.24. The Labute approximate surface area is 126 Å². The van der Waals surface area contributed by atoms with E-state index in [2.05, 4.69) is 16.7 Å². The molecular weight excluding hydrogens is 246 g/mol. The molecule has 0 unspecified atom stereocenters. The fourth-order valence-electron chi connectivity index (χ4n) is 2.75. The molecule has 0 amide bonds. The van der Waals surface area contributed by atoms with E-state index in [1.54, 1.807) is 0 Å². The van der Waals surface area contributed by atoms with Crippen LogP contribution in [0.25, 0.3) is 0 Å². The molecule has 1 aliphatic heterocycles. The smallest absolute Gasteiger partial charge is 0.0478 e. The van der Waals surface area contributed by atoms with Crippen molar-refractivity contribution in [3.63, 3.8) is 0 Å². The minimum absolute atomic E-state index is 0.947. The van der Waals surface area contributed by atoms with Crippen LogP contribution >= 0.6 is 0 Å². The molecule has 116 valence electrons. The van der Waals surface area contributed by atoms with Crippen molar-refractivity contribution < 1.29 is 4.74 Å². The Kier molecular flexibility index (Phi) is 11.8. The van der Waals surface area contributed by atoms with Crippen LogP contribution in [-0.2, 0) is 4.74 Å². The Morgan fingerprint density at radius 2 is 1.55 bits per heavy atom. The van der Waals surface area contributed by atoms with Gasteiger partial charge in [0.15, 0.2) is 0 Å². The quantitative estimate of drug-likeness (QED) is 0.414. The predicted molar refractivity (Wildman–Crippen MR) is 86.9 cm³/mol. The molecule has 0 aromatic heterocycles. The summed E-state index contributed by atoms with van der Waals surface area (Å²) in [4.78, 5) is 2.59. The number of piperidine rings is 1. The third kappa shape index (κ3) is 10.3. The Bertz CT molecular complexity index is 260. The number of likely N-dealkylation sites (tertiary alicyclic amines) is 1. The van der Waals surface area contributed by atoms with Crippen LogP contribution in [0.5, 0.6) is 0 Å². The molecule has 0 N–H and O–H groups in total. The van der Waals surface area contributed by atoms with Crippen LogP contribution in [0.1, 0.15) is 71.1 Å². The molecule has 0 radical (unpaired) electrons. The van der Waals surface area contributed by atoms with Crippen molar-refractivity contribution in [3.05, 3.63) is 0 Å². The molecule has 0 spiro atoms. The second kappa shape index (κ2) is 13.5. The highest BCUT2D eigenvalue weighted by atomic mass is 16.5. The lowest BCUT2D eigenvalue weighted by atomic mass is 10.1. The Balaban J connectivity index is 1.72. The first kappa shape index (κ1) is 17.5. The van der Waals surface area contributed by atoms with Gasteiger partial charge in [0.1, 0.15) is 0 Å². The van der Waals surface area contributed by atoms with Crippen LogP contribution in [0.3, 0.4) is 0 Å². The van der Waals surface area contributed by atoms with Gasteiger partial charge in [0.25, 0.3) is 0 Å². The van der Waals surface area contributed by atoms with E-state index >= 15 is 0 Å². The number of unbranched alkanes of at least 4 members (excludes halogenated alkanes) is 5. The Morgan fingerprint density at radius 3 is 2.35 bits per heavy atom. The van der Waals surface area contributed by atoms with Crippen molar-refractivity contribution in [1.29, 1.82) is 0 Å². The number of ether oxygens (including phenoxy) is 1. The van der Waals surface area contributed by atoms with Crippen LogP contribution in [-0.4, -0.2) is 37.7 Å². The molecule has 0 bridgehead atoms. The summed E-state index contributed by atoms with van der Waals surface area (Å²) in [5, 5.41) is 0. The average molecular weight is 279 g/mol. The molecule has 0 atom stereocenters. The van der Waals surface area contributed by atoms with Crippen molar-refractivity contribution >= 4 is 0 Å². The Morgan fingerprint density at radius 1 is 0.850 bits per heavy atom. The zero-order valence-corrected chi connectivity index (χ0v) is 13.5. The van der Waals surface area contributed by atoms with Gasteiger partial charge in [-0.25, -0.2) is 0 Å². The van der Waals surface area contributed by atoms with Gasteiger partial charge in [-0.05, 0) is 52.1 Å². The summed E-state index contributed by atoms with van der Waals surface area (Å²) < 4.78 is 5.72. The van der Waals surface area contributed by atoms with Gasteiger partial charge in [-0.1, -0.05) is 25.7 Å². The summed E-state index contributed by atoms with van der Waals surface area (Å²) in [6.07, 6.45) is 12.9. The second-order valence-electron chi connectivity index (χ2n) is 5.81. The lowest BCUT2D eigenvalue weighted by Gasteiger charge is -2.26. The van der Waals surface area contributed by atoms with Crippen LogP contribution in [0.2, 0.25) is 0 Å². The van der Waals surface area contributed by atoms with Crippen LogP contribution < -0.4 is 0 Å². The molecule has 0 aliphatic carbocycles. The van der Waals surface area contributed by atoms with E-state index in [0.29, 0.717) is 0 Å². The van der Waals surface area contributed by atoms with Crippen molar-refractivity contribution in [2.75, 3.05) is 32.8 Å². The minimum atomic E-state index is 0.947. The summed E-state index contributed by atoms with van der Waals surface area (Å²) in [6.45, 7) is 7.67. The van der Waals surface area contributed by atoms with Gasteiger partial charge in [0, 0.05) is 26.2 Å². The van der Waals surface area contributed by atoms with E-state index in [1.807, 2.05) is 6.92 Å². The molecular formula is C18H33NO. The van der Waals surface area contributed by atoms with E-state index in [0.717, 1.165) is 19.6 Å². The molecule has 0 saturated carbocycles. The van der Waals surface area contributed by atoms with Gasteiger partial charge < -0.3 is 9.64 Å². The molecule has 1 saturated heterocycles. The normalized spacial score (nSPS) is 15.8. The molecule has 1 heterocycles. The van der Waals surface area contributed by atoms with Gasteiger partial charge in [0.2, 0.25) is 0 Å². The fraction of sp³-hybridized carbons (Fsp3) is 0.889. The van der Waals surface area contributed by atoms with Crippen molar-refractivity contribution in [2.24, 2.45) is 0 Å². The van der Waals surface area contributed by atoms with E-state index in [4.69, 9.17) is 4.74 Å². The van der Waals surface area contributed by atoms with Crippen LogP contribution in [0.4, 0.5) is 0 Å². The molecule has 1 aliphatic rings. The highest BCUT2D eigenvalue weighted by Crippen LogP contribution is 2.09. The number of rotatable bonds is 11. The molecule has 1 fully saturated rings. The maximum atomic E-state index is 5.72.